The third-order valence-corrected chi connectivity index (χ3v) is 8.33. The number of anilines is 2. The molecule has 200 valence electrons. The Balaban J connectivity index is 1.41. The van der Waals surface area contributed by atoms with Crippen molar-refractivity contribution in [2.45, 2.75) is 31.7 Å². The van der Waals surface area contributed by atoms with Crippen molar-refractivity contribution in [3.05, 3.63) is 77.1 Å². The number of rotatable bonds is 8. The zero-order valence-electron chi connectivity index (χ0n) is 22.2. The van der Waals surface area contributed by atoms with E-state index in [9.17, 15) is 9.59 Å². The van der Waals surface area contributed by atoms with Crippen LogP contribution in [-0.2, 0) is 11.8 Å². The molecule has 1 saturated heterocycles. The predicted molar refractivity (Wildman–Crippen MR) is 151 cm³/mol. The molecule has 2 amide bonds. The number of halogens is 1. The number of amides is 2. The Labute approximate surface area is 228 Å². The normalized spacial score (nSPS) is 18.5. The Morgan fingerprint density at radius 1 is 0.974 bits per heavy atom. The van der Waals surface area contributed by atoms with Gasteiger partial charge in [0.05, 0.1) is 0 Å². The summed E-state index contributed by atoms with van der Waals surface area (Å²) in [7, 11) is 3.84. The number of piperazine rings is 1. The molecule has 1 aromatic heterocycles. The highest BCUT2D eigenvalue weighted by Gasteiger charge is 2.51. The molecule has 8 nitrogen and oxygen atoms in total. The van der Waals surface area contributed by atoms with E-state index in [4.69, 9.17) is 11.6 Å². The van der Waals surface area contributed by atoms with Gasteiger partial charge >= 0.3 is 0 Å². The summed E-state index contributed by atoms with van der Waals surface area (Å²) in [6.07, 6.45) is 3.47. The average Bonchev–Trinajstić information content (AvgIpc) is 3.50. The van der Waals surface area contributed by atoms with E-state index in [1.807, 2.05) is 48.5 Å². The Bertz CT molecular complexity index is 1290. The number of nitrogens with zero attached hydrogens (tertiary/aromatic N) is 4. The first-order valence-corrected chi connectivity index (χ1v) is 13.5. The Morgan fingerprint density at radius 2 is 1.66 bits per heavy atom. The van der Waals surface area contributed by atoms with Crippen molar-refractivity contribution in [1.82, 2.24) is 20.0 Å². The summed E-state index contributed by atoms with van der Waals surface area (Å²) >= 11 is 6.66. The largest absolute Gasteiger partial charge is 0.369 e. The molecule has 2 N–H and O–H groups in total. The summed E-state index contributed by atoms with van der Waals surface area (Å²) < 4.78 is 1.50. The molecule has 1 aliphatic carbocycles. The van der Waals surface area contributed by atoms with E-state index in [-0.39, 0.29) is 23.1 Å². The highest BCUT2D eigenvalue weighted by molar-refractivity contribution is 6.31. The van der Waals surface area contributed by atoms with Gasteiger partial charge in [-0.25, -0.2) is 0 Å². The standard InChI is InChI=1S/C29H35ClN6O2/c1-29(13-14-29)25(22-6-4-5-7-23(22)30)26(33-27(37)24-12-15-31-35(24)3)28(38)32-20-8-10-21(11-9-20)36-18-16-34(2)17-19-36/h4-12,15,25-26H,13-14,16-19H2,1-3H3,(H,32,38)(H,33,37)/t25?,26-/m0/s1. The predicted octanol–water partition coefficient (Wildman–Crippen LogP) is 4.15. The molecule has 3 aromatic rings. The number of carbonyl (C=O) groups excluding carboxylic acids is 2. The van der Waals surface area contributed by atoms with Gasteiger partial charge in [-0.2, -0.15) is 5.10 Å². The maximum Gasteiger partial charge on any atom is 0.270 e. The van der Waals surface area contributed by atoms with Crippen LogP contribution in [0.2, 0.25) is 5.02 Å². The third kappa shape index (κ3) is 5.56. The first kappa shape index (κ1) is 26.3. The minimum absolute atomic E-state index is 0.155. The number of hydrogen-bond donors (Lipinski definition) is 2. The molecular weight excluding hydrogens is 500 g/mol. The number of likely N-dealkylation sites (N-methyl/N-ethyl adjacent to an activating group) is 1. The first-order chi connectivity index (χ1) is 18.2. The van der Waals surface area contributed by atoms with Crippen molar-refractivity contribution < 1.29 is 9.59 Å². The monoisotopic (exact) mass is 534 g/mol. The zero-order valence-corrected chi connectivity index (χ0v) is 22.9. The van der Waals surface area contributed by atoms with Crippen LogP contribution in [-0.4, -0.2) is 65.8 Å². The first-order valence-electron chi connectivity index (χ1n) is 13.1. The van der Waals surface area contributed by atoms with Crippen LogP contribution in [0.25, 0.3) is 0 Å². The number of aromatic nitrogens is 2. The second-order valence-corrected chi connectivity index (χ2v) is 11.2. The van der Waals surface area contributed by atoms with Crippen LogP contribution in [0, 0.1) is 5.41 Å². The fraction of sp³-hybridized carbons (Fsp3) is 0.414. The lowest BCUT2D eigenvalue weighted by Gasteiger charge is -2.34. The molecule has 1 aliphatic heterocycles. The molecular formula is C29H35ClN6O2. The molecule has 2 aromatic carbocycles. The van der Waals surface area contributed by atoms with Gasteiger partial charge in [0, 0.05) is 61.7 Å². The SMILES string of the molecule is CN1CCN(c2ccc(NC(=O)[C@@H](NC(=O)c3ccnn3C)C(c3ccccc3Cl)C3(C)CC3)cc2)CC1. The van der Waals surface area contributed by atoms with Gasteiger partial charge in [0.1, 0.15) is 11.7 Å². The molecule has 1 unspecified atom stereocenters. The summed E-state index contributed by atoms with van der Waals surface area (Å²) in [5, 5.41) is 10.8. The summed E-state index contributed by atoms with van der Waals surface area (Å²) in [6, 6.07) is 16.3. The van der Waals surface area contributed by atoms with Gasteiger partial charge in [0.25, 0.3) is 5.91 Å². The van der Waals surface area contributed by atoms with E-state index >= 15 is 0 Å². The van der Waals surface area contributed by atoms with Crippen LogP contribution in [0.5, 0.6) is 0 Å². The molecule has 0 bridgehead atoms. The van der Waals surface area contributed by atoms with Crippen LogP contribution >= 0.6 is 11.6 Å². The number of carbonyl (C=O) groups is 2. The zero-order chi connectivity index (χ0) is 26.9. The van der Waals surface area contributed by atoms with Gasteiger partial charge < -0.3 is 20.4 Å². The fourth-order valence-electron chi connectivity index (χ4n) is 5.35. The average molecular weight is 535 g/mol. The van der Waals surface area contributed by atoms with Crippen LogP contribution in [0.1, 0.15) is 41.7 Å². The summed E-state index contributed by atoms with van der Waals surface area (Å²) in [4.78, 5) is 31.9. The van der Waals surface area contributed by atoms with Crippen molar-refractivity contribution in [2.75, 3.05) is 43.4 Å². The second kappa shape index (κ2) is 10.8. The Kier molecular flexibility index (Phi) is 7.45. The van der Waals surface area contributed by atoms with Crippen molar-refractivity contribution in [3.8, 4) is 0 Å². The topological polar surface area (TPSA) is 82.5 Å². The van der Waals surface area contributed by atoms with Crippen molar-refractivity contribution in [1.29, 1.82) is 0 Å². The van der Waals surface area contributed by atoms with Crippen molar-refractivity contribution in [3.63, 3.8) is 0 Å². The molecule has 5 rings (SSSR count). The van der Waals surface area contributed by atoms with Crippen LogP contribution < -0.4 is 15.5 Å². The Morgan fingerprint density at radius 3 is 2.26 bits per heavy atom. The van der Waals surface area contributed by atoms with Gasteiger partial charge in [0.2, 0.25) is 5.91 Å². The lowest BCUT2D eigenvalue weighted by molar-refractivity contribution is -0.119. The summed E-state index contributed by atoms with van der Waals surface area (Å²) in [6.45, 7) is 6.16. The minimum atomic E-state index is -0.831. The second-order valence-electron chi connectivity index (χ2n) is 10.8. The molecule has 2 atom stereocenters. The lowest BCUT2D eigenvalue weighted by Crippen LogP contribution is -2.50. The smallest absolute Gasteiger partial charge is 0.270 e. The van der Waals surface area contributed by atoms with Crippen LogP contribution in [0.15, 0.2) is 60.8 Å². The fourth-order valence-corrected chi connectivity index (χ4v) is 5.60. The highest BCUT2D eigenvalue weighted by Crippen LogP contribution is 2.58. The van der Waals surface area contributed by atoms with Gasteiger partial charge in [-0.05, 0) is 67.3 Å². The van der Waals surface area contributed by atoms with Gasteiger partial charge in [-0.1, -0.05) is 36.7 Å². The van der Waals surface area contributed by atoms with E-state index in [1.54, 1.807) is 19.3 Å². The Hall–Kier alpha value is -3.36. The quantitative estimate of drug-likeness (QED) is 0.454. The summed E-state index contributed by atoms with van der Waals surface area (Å²) in [5.74, 6) is -0.916. The number of nitrogens with one attached hydrogen (secondary N) is 2. The molecule has 1 saturated carbocycles. The lowest BCUT2D eigenvalue weighted by atomic mass is 9.78. The van der Waals surface area contributed by atoms with Crippen molar-refractivity contribution in [2.24, 2.45) is 12.5 Å². The van der Waals surface area contributed by atoms with Gasteiger partial charge in [0.15, 0.2) is 0 Å². The van der Waals surface area contributed by atoms with E-state index in [0.29, 0.717) is 16.4 Å². The number of benzene rings is 2. The van der Waals surface area contributed by atoms with Crippen molar-refractivity contribution >= 4 is 34.8 Å². The molecule has 9 heteroatoms. The maximum absolute atomic E-state index is 13.9. The molecule has 2 fully saturated rings. The molecule has 0 spiro atoms. The molecule has 0 radical (unpaired) electrons. The summed E-state index contributed by atoms with van der Waals surface area (Å²) in [5.41, 5.74) is 2.92. The minimum Gasteiger partial charge on any atom is -0.369 e. The third-order valence-electron chi connectivity index (χ3n) is 7.99. The van der Waals surface area contributed by atoms with Gasteiger partial charge in [-0.3, -0.25) is 14.3 Å². The maximum atomic E-state index is 13.9. The molecule has 2 aliphatic rings. The number of aryl methyl sites for hydroxylation is 1. The highest BCUT2D eigenvalue weighted by atomic mass is 35.5. The van der Waals surface area contributed by atoms with E-state index in [2.05, 4.69) is 39.5 Å². The molecule has 2 heterocycles. The number of hydrogen-bond acceptors (Lipinski definition) is 5. The van der Waals surface area contributed by atoms with E-state index in [0.717, 1.165) is 50.3 Å². The van der Waals surface area contributed by atoms with E-state index < -0.39 is 6.04 Å². The van der Waals surface area contributed by atoms with Crippen LogP contribution in [0.3, 0.4) is 0 Å². The van der Waals surface area contributed by atoms with Gasteiger partial charge in [-0.15, -0.1) is 0 Å². The van der Waals surface area contributed by atoms with E-state index in [1.165, 1.54) is 4.68 Å². The molecule has 38 heavy (non-hydrogen) atoms. The van der Waals surface area contributed by atoms with Crippen LogP contribution in [0.4, 0.5) is 11.4 Å².